The molecule has 0 atom stereocenters. The molecule has 4 heterocycles. The Kier molecular flexibility index (Phi) is 5.81. The summed E-state index contributed by atoms with van der Waals surface area (Å²) >= 11 is 6.86. The summed E-state index contributed by atoms with van der Waals surface area (Å²) in [4.78, 5) is 38.4. The number of hydrogen-bond acceptors (Lipinski definition) is 7. The molecule has 3 aliphatic rings. The predicted octanol–water partition coefficient (Wildman–Crippen LogP) is 2.90. The molecule has 168 valence electrons. The molecule has 7 nitrogen and oxygen atoms in total. The van der Waals surface area contributed by atoms with E-state index in [-0.39, 0.29) is 17.5 Å². The smallest absolute Gasteiger partial charge is 0.267 e. The van der Waals surface area contributed by atoms with E-state index in [2.05, 4.69) is 16.8 Å². The molecule has 9 heteroatoms. The number of amides is 1. The van der Waals surface area contributed by atoms with Crippen LogP contribution in [0.5, 0.6) is 0 Å². The van der Waals surface area contributed by atoms with Gasteiger partial charge in [0.15, 0.2) is 0 Å². The Hall–Kier alpha value is -2.23. The number of carbonyl (C=O) groups is 1. The molecule has 5 rings (SSSR count). The lowest BCUT2D eigenvalue weighted by atomic mass is 10.2. The highest BCUT2D eigenvalue weighted by atomic mass is 32.2. The molecule has 0 bridgehead atoms. The molecular formula is C23H27N5O2S2. The summed E-state index contributed by atoms with van der Waals surface area (Å²) in [6.07, 6.45) is 7.77. The summed E-state index contributed by atoms with van der Waals surface area (Å²) in [7, 11) is 2.10. The van der Waals surface area contributed by atoms with E-state index in [1.165, 1.54) is 11.8 Å². The molecular weight excluding hydrogens is 442 g/mol. The Morgan fingerprint density at radius 1 is 1.12 bits per heavy atom. The standard InChI is InChI=1S/C23H27N5O2S2/c1-15-7-8-19-24-20(26-11-9-25(2)10-12-26)17(21(29)27(19)14-15)13-18-22(30)28(23(31)32-18)16-5-3-4-6-16/h7-8,13-14,16H,3-6,9-12H2,1-2H3/b18-13-. The lowest BCUT2D eigenvalue weighted by Gasteiger charge is -2.34. The van der Waals surface area contributed by atoms with Crippen LogP contribution in [0.4, 0.5) is 5.82 Å². The second kappa shape index (κ2) is 8.61. The minimum Gasteiger partial charge on any atom is -0.353 e. The Bertz CT molecular complexity index is 1180. The number of fused-ring (bicyclic) bond motifs is 1. The number of thioether (sulfide) groups is 1. The second-order valence-electron chi connectivity index (χ2n) is 8.87. The van der Waals surface area contributed by atoms with Crippen molar-refractivity contribution in [3.8, 4) is 0 Å². The van der Waals surface area contributed by atoms with Crippen molar-refractivity contribution in [2.75, 3.05) is 38.1 Å². The summed E-state index contributed by atoms with van der Waals surface area (Å²) in [5.41, 5.74) is 1.90. The number of aromatic nitrogens is 2. The van der Waals surface area contributed by atoms with Gasteiger partial charge < -0.3 is 9.80 Å². The first-order valence-electron chi connectivity index (χ1n) is 11.2. The third-order valence-corrected chi connectivity index (χ3v) is 7.91. The summed E-state index contributed by atoms with van der Waals surface area (Å²) < 4.78 is 2.18. The molecule has 3 fully saturated rings. The molecule has 0 N–H and O–H groups in total. The van der Waals surface area contributed by atoms with Crippen LogP contribution in [0.1, 0.15) is 36.8 Å². The fourth-order valence-corrected chi connectivity index (χ4v) is 6.10. The highest BCUT2D eigenvalue weighted by molar-refractivity contribution is 8.26. The van der Waals surface area contributed by atoms with Crippen molar-refractivity contribution in [3.05, 3.63) is 44.7 Å². The zero-order valence-electron chi connectivity index (χ0n) is 18.4. The molecule has 0 radical (unpaired) electrons. The van der Waals surface area contributed by atoms with Gasteiger partial charge in [-0.05, 0) is 44.5 Å². The largest absolute Gasteiger partial charge is 0.353 e. The van der Waals surface area contributed by atoms with Crippen molar-refractivity contribution in [2.24, 2.45) is 0 Å². The number of thiocarbonyl (C=S) groups is 1. The number of carbonyl (C=O) groups excluding carboxylic acids is 1. The summed E-state index contributed by atoms with van der Waals surface area (Å²) in [6.45, 7) is 5.33. The summed E-state index contributed by atoms with van der Waals surface area (Å²) in [6, 6.07) is 4.02. The van der Waals surface area contributed by atoms with Crippen LogP contribution in [-0.2, 0) is 4.79 Å². The van der Waals surface area contributed by atoms with E-state index in [1.807, 2.05) is 19.1 Å². The van der Waals surface area contributed by atoms with Gasteiger partial charge in [-0.1, -0.05) is 42.9 Å². The van der Waals surface area contributed by atoms with Gasteiger partial charge in [-0.15, -0.1) is 0 Å². The van der Waals surface area contributed by atoms with Crippen LogP contribution in [-0.4, -0.2) is 68.7 Å². The number of aryl methyl sites for hydroxylation is 1. The minimum atomic E-state index is -0.154. The van der Waals surface area contributed by atoms with Gasteiger partial charge in [0, 0.05) is 38.4 Å². The monoisotopic (exact) mass is 469 g/mol. The quantitative estimate of drug-likeness (QED) is 0.506. The van der Waals surface area contributed by atoms with Crippen LogP contribution in [0, 0.1) is 6.92 Å². The van der Waals surface area contributed by atoms with Gasteiger partial charge in [-0.25, -0.2) is 4.98 Å². The van der Waals surface area contributed by atoms with Gasteiger partial charge in [0.1, 0.15) is 15.8 Å². The van der Waals surface area contributed by atoms with E-state index in [4.69, 9.17) is 17.2 Å². The molecule has 2 aromatic heterocycles. The first-order valence-corrected chi connectivity index (χ1v) is 12.4. The number of likely N-dealkylation sites (N-methyl/N-ethyl adjacent to an activating group) is 1. The Balaban J connectivity index is 1.61. The van der Waals surface area contributed by atoms with Gasteiger partial charge in [0.05, 0.1) is 10.5 Å². The van der Waals surface area contributed by atoms with E-state index in [1.54, 1.807) is 21.6 Å². The van der Waals surface area contributed by atoms with Crippen molar-refractivity contribution in [3.63, 3.8) is 0 Å². The van der Waals surface area contributed by atoms with Crippen LogP contribution in [0.2, 0.25) is 0 Å². The fraction of sp³-hybridized carbons (Fsp3) is 0.478. The maximum absolute atomic E-state index is 13.6. The average Bonchev–Trinajstić information content (AvgIpc) is 3.39. The first-order chi connectivity index (χ1) is 15.4. The van der Waals surface area contributed by atoms with Crippen molar-refractivity contribution in [2.45, 2.75) is 38.6 Å². The molecule has 0 aromatic carbocycles. The molecule has 32 heavy (non-hydrogen) atoms. The number of rotatable bonds is 3. The van der Waals surface area contributed by atoms with Crippen molar-refractivity contribution in [1.29, 1.82) is 0 Å². The number of piperazine rings is 1. The van der Waals surface area contributed by atoms with Crippen LogP contribution in [0.25, 0.3) is 11.7 Å². The Morgan fingerprint density at radius 2 is 1.84 bits per heavy atom. The first kappa shape index (κ1) is 21.6. The van der Waals surface area contributed by atoms with Gasteiger partial charge >= 0.3 is 0 Å². The van der Waals surface area contributed by atoms with E-state index in [0.29, 0.717) is 26.3 Å². The SMILES string of the molecule is Cc1ccc2nc(N3CCN(C)CC3)c(/C=C3\SC(=S)N(C4CCCC4)C3=O)c(=O)n2c1. The van der Waals surface area contributed by atoms with E-state index in [0.717, 1.165) is 57.4 Å². The lowest BCUT2D eigenvalue weighted by Crippen LogP contribution is -2.45. The van der Waals surface area contributed by atoms with Crippen LogP contribution < -0.4 is 10.5 Å². The van der Waals surface area contributed by atoms with Gasteiger partial charge in [0.2, 0.25) is 0 Å². The fourth-order valence-electron chi connectivity index (χ4n) is 4.72. The lowest BCUT2D eigenvalue weighted by molar-refractivity contribution is -0.123. The highest BCUT2D eigenvalue weighted by Crippen LogP contribution is 2.38. The molecule has 0 unspecified atom stereocenters. The average molecular weight is 470 g/mol. The van der Waals surface area contributed by atoms with Crippen molar-refractivity contribution in [1.82, 2.24) is 19.2 Å². The normalized spacial score (nSPS) is 22.1. The topological polar surface area (TPSA) is 61.2 Å². The molecule has 1 amide bonds. The minimum absolute atomic E-state index is 0.0787. The zero-order chi connectivity index (χ0) is 22.4. The van der Waals surface area contributed by atoms with Crippen molar-refractivity contribution < 1.29 is 4.79 Å². The molecule has 2 aliphatic heterocycles. The molecule has 0 spiro atoms. The van der Waals surface area contributed by atoms with E-state index < -0.39 is 0 Å². The molecule has 1 saturated carbocycles. The summed E-state index contributed by atoms with van der Waals surface area (Å²) in [5, 5.41) is 0. The number of pyridine rings is 1. The van der Waals surface area contributed by atoms with Gasteiger partial charge in [-0.3, -0.25) is 18.9 Å². The Morgan fingerprint density at radius 3 is 2.56 bits per heavy atom. The van der Waals surface area contributed by atoms with E-state index in [9.17, 15) is 9.59 Å². The second-order valence-corrected chi connectivity index (χ2v) is 10.5. The highest BCUT2D eigenvalue weighted by Gasteiger charge is 2.38. The molecule has 2 saturated heterocycles. The van der Waals surface area contributed by atoms with Crippen LogP contribution >= 0.6 is 24.0 Å². The molecule has 2 aromatic rings. The maximum Gasteiger partial charge on any atom is 0.267 e. The van der Waals surface area contributed by atoms with Crippen LogP contribution in [0.3, 0.4) is 0 Å². The number of anilines is 1. The van der Waals surface area contributed by atoms with Gasteiger partial charge in [0.25, 0.3) is 11.5 Å². The van der Waals surface area contributed by atoms with Crippen LogP contribution in [0.15, 0.2) is 28.0 Å². The third kappa shape index (κ3) is 3.86. The van der Waals surface area contributed by atoms with Crippen molar-refractivity contribution >= 4 is 51.7 Å². The zero-order valence-corrected chi connectivity index (χ0v) is 20.0. The predicted molar refractivity (Wildman–Crippen MR) is 133 cm³/mol. The summed E-state index contributed by atoms with van der Waals surface area (Å²) in [5.74, 6) is 0.572. The number of hydrogen-bond donors (Lipinski definition) is 0. The third-order valence-electron chi connectivity index (χ3n) is 6.58. The Labute approximate surface area is 197 Å². The maximum atomic E-state index is 13.6. The van der Waals surface area contributed by atoms with Gasteiger partial charge in [-0.2, -0.15) is 0 Å². The van der Waals surface area contributed by atoms with E-state index >= 15 is 0 Å². The number of nitrogens with zero attached hydrogens (tertiary/aromatic N) is 5. The molecule has 1 aliphatic carbocycles.